The molecule has 0 saturated heterocycles. The van der Waals surface area contributed by atoms with Crippen LogP contribution in [-0.4, -0.2) is 33.1 Å². The van der Waals surface area contributed by atoms with Crippen LogP contribution in [0.15, 0.2) is 18.5 Å². The minimum Gasteiger partial charge on any atom is -0.396 e. The number of aliphatic hydroxyl groups excluding tert-OH is 1. The zero-order valence-electron chi connectivity index (χ0n) is 11.5. The Balaban J connectivity index is 2.34. The lowest BCUT2D eigenvalue weighted by Gasteiger charge is -2.29. The number of fused-ring (bicyclic) bond motifs is 1. The predicted molar refractivity (Wildman–Crippen MR) is 73.9 cm³/mol. The van der Waals surface area contributed by atoms with Gasteiger partial charge in [0.2, 0.25) is 0 Å². The van der Waals surface area contributed by atoms with Gasteiger partial charge in [-0.3, -0.25) is 4.79 Å². The Labute approximate surface area is 116 Å². The Kier molecular flexibility index (Phi) is 4.04. The lowest BCUT2D eigenvalue weighted by molar-refractivity contribution is 0.0887. The molecule has 0 aliphatic rings. The first-order valence-electron chi connectivity index (χ1n) is 6.55. The van der Waals surface area contributed by atoms with Crippen molar-refractivity contribution in [3.63, 3.8) is 0 Å². The van der Waals surface area contributed by atoms with Gasteiger partial charge in [-0.05, 0) is 31.9 Å². The molecule has 1 unspecified atom stereocenters. The van der Waals surface area contributed by atoms with E-state index in [0.29, 0.717) is 23.9 Å². The van der Waals surface area contributed by atoms with Crippen molar-refractivity contribution in [1.29, 1.82) is 0 Å². The van der Waals surface area contributed by atoms with Gasteiger partial charge in [-0.2, -0.15) is 0 Å². The molecule has 0 radical (unpaired) electrons. The normalized spacial score (nSPS) is 14.2. The summed E-state index contributed by atoms with van der Waals surface area (Å²) < 4.78 is 13.5. The molecule has 0 aliphatic carbocycles. The minimum absolute atomic E-state index is 0.0222. The maximum atomic E-state index is 13.5. The third-order valence-corrected chi connectivity index (χ3v) is 3.59. The lowest BCUT2D eigenvalue weighted by atomic mass is 9.94. The van der Waals surface area contributed by atoms with Gasteiger partial charge in [0.1, 0.15) is 11.3 Å². The van der Waals surface area contributed by atoms with Gasteiger partial charge in [0.05, 0.1) is 17.4 Å². The predicted octanol–water partition coefficient (Wildman–Crippen LogP) is 1.98. The van der Waals surface area contributed by atoms with Crippen LogP contribution in [0.2, 0.25) is 0 Å². The van der Waals surface area contributed by atoms with E-state index in [-0.39, 0.29) is 18.1 Å². The number of hydrogen-bond donors (Lipinski definition) is 3. The van der Waals surface area contributed by atoms with Crippen LogP contribution in [0, 0.1) is 5.82 Å². The number of aromatic amines is 1. The fraction of sp³-hybridized carbons (Fsp3) is 0.429. The van der Waals surface area contributed by atoms with Crippen molar-refractivity contribution in [2.45, 2.75) is 32.2 Å². The largest absolute Gasteiger partial charge is 0.396 e. The molecule has 0 spiro atoms. The number of imidazole rings is 1. The van der Waals surface area contributed by atoms with Crippen molar-refractivity contribution in [1.82, 2.24) is 15.3 Å². The number of carbonyl (C=O) groups excluding carboxylic acids is 1. The van der Waals surface area contributed by atoms with Crippen LogP contribution in [0.25, 0.3) is 11.0 Å². The summed E-state index contributed by atoms with van der Waals surface area (Å²) in [4.78, 5) is 19.2. The van der Waals surface area contributed by atoms with Gasteiger partial charge in [-0.25, -0.2) is 9.37 Å². The molecule has 20 heavy (non-hydrogen) atoms. The number of aromatic nitrogens is 2. The summed E-state index contributed by atoms with van der Waals surface area (Å²) in [6, 6.07) is 2.47. The number of H-pyrrole nitrogens is 1. The molecule has 108 valence electrons. The van der Waals surface area contributed by atoms with E-state index in [2.05, 4.69) is 15.3 Å². The standard InChI is InChI=1S/C14H18FN3O2/c1-3-14(2,4-5-19)18-13(20)10-6-9(15)7-11-12(10)17-8-16-11/h6-8,19H,3-5H2,1-2H3,(H,16,17)(H,18,20). The van der Waals surface area contributed by atoms with Crippen molar-refractivity contribution in [3.8, 4) is 0 Å². The fourth-order valence-electron chi connectivity index (χ4n) is 2.10. The SMILES string of the molecule is CCC(C)(CCO)NC(=O)c1cc(F)cc2[nH]cnc12. The molecular formula is C14H18FN3O2. The van der Waals surface area contributed by atoms with Crippen molar-refractivity contribution in [2.75, 3.05) is 6.61 Å². The highest BCUT2D eigenvalue weighted by Crippen LogP contribution is 2.20. The molecule has 0 saturated carbocycles. The molecule has 1 amide bonds. The summed E-state index contributed by atoms with van der Waals surface area (Å²) in [6.07, 6.45) is 2.53. The van der Waals surface area contributed by atoms with E-state index in [1.165, 1.54) is 18.5 Å². The summed E-state index contributed by atoms with van der Waals surface area (Å²) >= 11 is 0. The van der Waals surface area contributed by atoms with Gasteiger partial charge in [0, 0.05) is 12.1 Å². The maximum Gasteiger partial charge on any atom is 0.254 e. The summed E-state index contributed by atoms with van der Waals surface area (Å²) in [5.41, 5.74) is 0.585. The molecule has 5 nitrogen and oxygen atoms in total. The fourth-order valence-corrected chi connectivity index (χ4v) is 2.10. The van der Waals surface area contributed by atoms with Gasteiger partial charge >= 0.3 is 0 Å². The number of hydrogen-bond acceptors (Lipinski definition) is 3. The topological polar surface area (TPSA) is 78.0 Å². The third-order valence-electron chi connectivity index (χ3n) is 3.59. The zero-order chi connectivity index (χ0) is 14.8. The van der Waals surface area contributed by atoms with E-state index < -0.39 is 11.4 Å². The van der Waals surface area contributed by atoms with Gasteiger partial charge in [-0.1, -0.05) is 6.92 Å². The van der Waals surface area contributed by atoms with E-state index in [9.17, 15) is 9.18 Å². The van der Waals surface area contributed by atoms with Crippen LogP contribution < -0.4 is 5.32 Å². The molecule has 0 aliphatic heterocycles. The molecule has 2 aromatic rings. The van der Waals surface area contributed by atoms with Crippen LogP contribution in [-0.2, 0) is 0 Å². The second-order valence-corrected chi connectivity index (χ2v) is 5.09. The van der Waals surface area contributed by atoms with Crippen LogP contribution in [0.1, 0.15) is 37.0 Å². The van der Waals surface area contributed by atoms with Crippen LogP contribution in [0.3, 0.4) is 0 Å². The number of amides is 1. The Hall–Kier alpha value is -1.95. The average molecular weight is 279 g/mol. The Morgan fingerprint density at radius 1 is 1.55 bits per heavy atom. The van der Waals surface area contributed by atoms with E-state index >= 15 is 0 Å². The average Bonchev–Trinajstić information content (AvgIpc) is 2.85. The third kappa shape index (κ3) is 2.80. The van der Waals surface area contributed by atoms with Gasteiger partial charge < -0.3 is 15.4 Å². The highest BCUT2D eigenvalue weighted by atomic mass is 19.1. The van der Waals surface area contributed by atoms with Gasteiger partial charge in [-0.15, -0.1) is 0 Å². The molecular weight excluding hydrogens is 261 g/mol. The summed E-state index contributed by atoms with van der Waals surface area (Å²) in [5.74, 6) is -0.883. The van der Waals surface area contributed by atoms with E-state index in [1.807, 2.05) is 13.8 Å². The van der Waals surface area contributed by atoms with E-state index in [4.69, 9.17) is 5.11 Å². The monoisotopic (exact) mass is 279 g/mol. The number of aliphatic hydroxyl groups is 1. The Morgan fingerprint density at radius 3 is 2.95 bits per heavy atom. The highest BCUT2D eigenvalue weighted by molar-refractivity contribution is 6.05. The Morgan fingerprint density at radius 2 is 2.30 bits per heavy atom. The molecule has 1 aromatic carbocycles. The zero-order valence-corrected chi connectivity index (χ0v) is 11.5. The second kappa shape index (κ2) is 5.58. The van der Waals surface area contributed by atoms with Gasteiger partial charge in [0.15, 0.2) is 0 Å². The first-order chi connectivity index (χ1) is 9.49. The number of nitrogens with zero attached hydrogens (tertiary/aromatic N) is 1. The molecule has 1 aromatic heterocycles. The molecule has 1 atom stereocenters. The molecule has 2 rings (SSSR count). The van der Waals surface area contributed by atoms with Crippen LogP contribution in [0.5, 0.6) is 0 Å². The molecule has 0 bridgehead atoms. The smallest absolute Gasteiger partial charge is 0.254 e. The minimum atomic E-state index is -0.527. The van der Waals surface area contributed by atoms with Crippen LogP contribution >= 0.6 is 0 Å². The summed E-state index contributed by atoms with van der Waals surface area (Å²) in [5, 5.41) is 11.9. The quantitative estimate of drug-likeness (QED) is 0.783. The number of nitrogens with one attached hydrogen (secondary N) is 2. The number of halogens is 1. The highest BCUT2D eigenvalue weighted by Gasteiger charge is 2.25. The molecule has 3 N–H and O–H groups in total. The first-order valence-corrected chi connectivity index (χ1v) is 6.55. The molecule has 1 heterocycles. The van der Waals surface area contributed by atoms with Crippen molar-refractivity contribution in [2.24, 2.45) is 0 Å². The number of rotatable bonds is 5. The number of benzene rings is 1. The summed E-state index contributed by atoms with van der Waals surface area (Å²) in [7, 11) is 0. The van der Waals surface area contributed by atoms with Gasteiger partial charge in [0.25, 0.3) is 5.91 Å². The van der Waals surface area contributed by atoms with Crippen LogP contribution in [0.4, 0.5) is 4.39 Å². The van der Waals surface area contributed by atoms with E-state index in [0.717, 1.165) is 0 Å². The number of carbonyl (C=O) groups is 1. The Bertz CT molecular complexity index is 626. The maximum absolute atomic E-state index is 13.5. The summed E-state index contributed by atoms with van der Waals surface area (Å²) in [6.45, 7) is 3.75. The lowest BCUT2D eigenvalue weighted by Crippen LogP contribution is -2.46. The molecule has 0 fully saturated rings. The second-order valence-electron chi connectivity index (χ2n) is 5.09. The van der Waals surface area contributed by atoms with Crippen molar-refractivity contribution < 1.29 is 14.3 Å². The van der Waals surface area contributed by atoms with Crippen molar-refractivity contribution in [3.05, 3.63) is 29.8 Å². The first kappa shape index (κ1) is 14.5. The van der Waals surface area contributed by atoms with Crippen molar-refractivity contribution >= 4 is 16.9 Å². The van der Waals surface area contributed by atoms with E-state index in [1.54, 1.807) is 0 Å². The molecule has 6 heteroatoms.